The Bertz CT molecular complexity index is 517. The van der Waals surface area contributed by atoms with Crippen LogP contribution in [0.5, 0.6) is 0 Å². The van der Waals surface area contributed by atoms with E-state index in [-0.39, 0.29) is 4.90 Å². The Morgan fingerprint density at radius 1 is 1.28 bits per heavy atom. The highest BCUT2D eigenvalue weighted by atomic mass is 79.9. The average Bonchev–Trinajstić information content (AvgIpc) is 2.29. The first-order chi connectivity index (χ1) is 8.38. The lowest BCUT2D eigenvalue weighted by atomic mass is 10.2. The van der Waals surface area contributed by atoms with E-state index < -0.39 is 10.0 Å². The number of nitrogens with one attached hydrogen (secondary N) is 1. The zero-order valence-corrected chi connectivity index (χ0v) is 14.2. The van der Waals surface area contributed by atoms with Crippen LogP contribution >= 0.6 is 31.9 Å². The SMILES string of the molecule is COCCCNS(=O)(=O)c1cc(Br)c(C)cc1Br. The van der Waals surface area contributed by atoms with E-state index in [0.717, 1.165) is 10.0 Å². The summed E-state index contributed by atoms with van der Waals surface area (Å²) in [6.07, 6.45) is 0.639. The third-order valence-electron chi connectivity index (χ3n) is 2.32. The molecule has 0 fully saturated rings. The third kappa shape index (κ3) is 4.31. The van der Waals surface area contributed by atoms with Crippen LogP contribution in [0.1, 0.15) is 12.0 Å². The van der Waals surface area contributed by atoms with Crippen LogP contribution in [0.25, 0.3) is 0 Å². The number of hydrogen-bond acceptors (Lipinski definition) is 3. The Morgan fingerprint density at radius 2 is 1.94 bits per heavy atom. The van der Waals surface area contributed by atoms with Gasteiger partial charge in [-0.3, -0.25) is 0 Å². The Kier molecular flexibility index (Phi) is 6.26. The fraction of sp³-hybridized carbons (Fsp3) is 0.455. The maximum Gasteiger partial charge on any atom is 0.241 e. The van der Waals surface area contributed by atoms with Crippen LogP contribution in [0.15, 0.2) is 26.0 Å². The van der Waals surface area contributed by atoms with Crippen LogP contribution in [0.3, 0.4) is 0 Å². The lowest BCUT2D eigenvalue weighted by Crippen LogP contribution is -2.26. The van der Waals surface area contributed by atoms with Crippen LogP contribution in [0.2, 0.25) is 0 Å². The summed E-state index contributed by atoms with van der Waals surface area (Å²) < 4.78 is 32.9. The summed E-state index contributed by atoms with van der Waals surface area (Å²) >= 11 is 6.61. The van der Waals surface area contributed by atoms with Crippen molar-refractivity contribution < 1.29 is 13.2 Å². The monoisotopic (exact) mass is 399 g/mol. The number of ether oxygens (including phenoxy) is 1. The van der Waals surface area contributed by atoms with Crippen LogP contribution in [-0.2, 0) is 14.8 Å². The van der Waals surface area contributed by atoms with Crippen molar-refractivity contribution in [1.29, 1.82) is 0 Å². The molecule has 1 aromatic carbocycles. The fourth-order valence-corrected chi connectivity index (χ4v) is 4.08. The standard InChI is InChI=1S/C11H15Br2NO3S/c1-8-6-10(13)11(7-9(8)12)18(15,16)14-4-3-5-17-2/h6-7,14H,3-5H2,1-2H3. The third-order valence-corrected chi connectivity index (χ3v) is 5.59. The highest BCUT2D eigenvalue weighted by Crippen LogP contribution is 2.28. The van der Waals surface area contributed by atoms with Gasteiger partial charge in [0.05, 0.1) is 4.90 Å². The van der Waals surface area contributed by atoms with Gasteiger partial charge in [-0.1, -0.05) is 15.9 Å². The van der Waals surface area contributed by atoms with Gasteiger partial charge in [-0.15, -0.1) is 0 Å². The maximum atomic E-state index is 12.1. The quantitative estimate of drug-likeness (QED) is 0.747. The van der Waals surface area contributed by atoms with E-state index >= 15 is 0 Å². The topological polar surface area (TPSA) is 55.4 Å². The number of hydrogen-bond donors (Lipinski definition) is 1. The van der Waals surface area contributed by atoms with Crippen molar-refractivity contribution in [2.24, 2.45) is 0 Å². The molecule has 0 aliphatic carbocycles. The lowest BCUT2D eigenvalue weighted by Gasteiger charge is -2.10. The summed E-state index contributed by atoms with van der Waals surface area (Å²) in [5, 5.41) is 0. The second-order valence-electron chi connectivity index (χ2n) is 3.78. The minimum absolute atomic E-state index is 0.234. The van der Waals surface area contributed by atoms with Gasteiger partial charge in [0, 0.05) is 29.2 Å². The Balaban J connectivity index is 2.88. The molecular formula is C11H15Br2NO3S. The predicted molar refractivity (Wildman–Crippen MR) is 78.3 cm³/mol. The van der Waals surface area contributed by atoms with Crippen molar-refractivity contribution >= 4 is 41.9 Å². The van der Waals surface area contributed by atoms with E-state index in [0.29, 0.717) is 24.0 Å². The summed E-state index contributed by atoms with van der Waals surface area (Å²) in [6, 6.07) is 3.37. The fourth-order valence-electron chi connectivity index (χ4n) is 1.33. The van der Waals surface area contributed by atoms with E-state index in [9.17, 15) is 8.42 Å². The van der Waals surface area contributed by atoms with E-state index in [4.69, 9.17) is 4.74 Å². The molecule has 0 aliphatic heterocycles. The van der Waals surface area contributed by atoms with Crippen molar-refractivity contribution in [2.45, 2.75) is 18.2 Å². The maximum absolute atomic E-state index is 12.1. The van der Waals surface area contributed by atoms with Crippen molar-refractivity contribution in [3.8, 4) is 0 Å². The summed E-state index contributed by atoms with van der Waals surface area (Å²) in [5.41, 5.74) is 0.972. The van der Waals surface area contributed by atoms with Gasteiger partial charge in [-0.25, -0.2) is 13.1 Å². The highest BCUT2D eigenvalue weighted by Gasteiger charge is 2.18. The van der Waals surface area contributed by atoms with Gasteiger partial charge in [0.25, 0.3) is 0 Å². The molecule has 0 heterocycles. The molecule has 0 aliphatic rings. The Labute approximate surface area is 124 Å². The molecule has 4 nitrogen and oxygen atoms in total. The van der Waals surface area contributed by atoms with E-state index in [1.54, 1.807) is 19.2 Å². The van der Waals surface area contributed by atoms with E-state index in [1.807, 2.05) is 6.92 Å². The second-order valence-corrected chi connectivity index (χ2v) is 7.22. The summed E-state index contributed by atoms with van der Waals surface area (Å²) in [4.78, 5) is 0.234. The number of aryl methyl sites for hydroxylation is 1. The molecule has 1 N–H and O–H groups in total. The molecule has 7 heteroatoms. The largest absolute Gasteiger partial charge is 0.385 e. The molecule has 0 saturated heterocycles. The highest BCUT2D eigenvalue weighted by molar-refractivity contribution is 9.11. The molecular weight excluding hydrogens is 386 g/mol. The zero-order valence-electron chi connectivity index (χ0n) is 10.2. The van der Waals surface area contributed by atoms with Crippen LogP contribution in [0, 0.1) is 6.92 Å². The van der Waals surface area contributed by atoms with Crippen molar-refractivity contribution in [1.82, 2.24) is 4.72 Å². The molecule has 0 aromatic heterocycles. The number of sulfonamides is 1. The molecule has 0 spiro atoms. The van der Waals surface area contributed by atoms with Crippen molar-refractivity contribution in [3.05, 3.63) is 26.6 Å². The van der Waals surface area contributed by atoms with E-state index in [2.05, 4.69) is 36.6 Å². The first-order valence-corrected chi connectivity index (χ1v) is 8.39. The van der Waals surface area contributed by atoms with Gasteiger partial charge in [0.2, 0.25) is 10.0 Å². The van der Waals surface area contributed by atoms with Gasteiger partial charge in [0.1, 0.15) is 0 Å². The minimum Gasteiger partial charge on any atom is -0.385 e. The molecule has 1 aromatic rings. The number of benzene rings is 1. The zero-order chi connectivity index (χ0) is 13.8. The van der Waals surface area contributed by atoms with Crippen molar-refractivity contribution in [3.63, 3.8) is 0 Å². The summed E-state index contributed by atoms with van der Waals surface area (Å²) in [6.45, 7) is 2.78. The molecule has 102 valence electrons. The predicted octanol–water partition coefficient (Wildman–Crippen LogP) is 2.83. The van der Waals surface area contributed by atoms with Crippen LogP contribution in [0.4, 0.5) is 0 Å². The molecule has 0 bridgehead atoms. The first kappa shape index (κ1) is 16.1. The molecule has 18 heavy (non-hydrogen) atoms. The number of halogens is 2. The van der Waals surface area contributed by atoms with Gasteiger partial charge >= 0.3 is 0 Å². The normalized spacial score (nSPS) is 11.8. The number of rotatable bonds is 6. The Hall–Kier alpha value is 0.0500. The van der Waals surface area contributed by atoms with Crippen molar-refractivity contribution in [2.75, 3.05) is 20.3 Å². The molecule has 1 rings (SSSR count). The average molecular weight is 401 g/mol. The molecule has 0 saturated carbocycles. The smallest absolute Gasteiger partial charge is 0.241 e. The number of methoxy groups -OCH3 is 1. The molecule has 0 radical (unpaired) electrons. The summed E-state index contributed by atoms with van der Waals surface area (Å²) in [7, 11) is -1.91. The van der Waals surface area contributed by atoms with E-state index in [1.165, 1.54) is 0 Å². The van der Waals surface area contributed by atoms with Crippen LogP contribution < -0.4 is 4.72 Å². The van der Waals surface area contributed by atoms with Gasteiger partial charge in [-0.2, -0.15) is 0 Å². The van der Waals surface area contributed by atoms with Crippen LogP contribution in [-0.4, -0.2) is 28.7 Å². The van der Waals surface area contributed by atoms with Gasteiger partial charge in [0.15, 0.2) is 0 Å². The van der Waals surface area contributed by atoms with Gasteiger partial charge in [-0.05, 0) is 47.0 Å². The summed E-state index contributed by atoms with van der Waals surface area (Å²) in [5.74, 6) is 0. The molecule has 0 amide bonds. The van der Waals surface area contributed by atoms with Gasteiger partial charge < -0.3 is 4.74 Å². The second kappa shape index (κ2) is 7.00. The molecule has 0 atom stereocenters. The lowest BCUT2D eigenvalue weighted by molar-refractivity contribution is 0.196. The molecule has 0 unspecified atom stereocenters. The Morgan fingerprint density at radius 3 is 2.56 bits per heavy atom. The minimum atomic E-state index is -3.49. The first-order valence-electron chi connectivity index (χ1n) is 5.32.